The van der Waals surface area contributed by atoms with Crippen LogP contribution in [0.25, 0.3) is 0 Å². The van der Waals surface area contributed by atoms with Gasteiger partial charge in [0.25, 0.3) is 5.69 Å². The van der Waals surface area contributed by atoms with E-state index in [0.29, 0.717) is 5.56 Å². The van der Waals surface area contributed by atoms with Crippen LogP contribution < -0.4 is 37.2 Å². The van der Waals surface area contributed by atoms with E-state index >= 15 is 0 Å². The summed E-state index contributed by atoms with van der Waals surface area (Å²) >= 11 is 2.33. The van der Waals surface area contributed by atoms with E-state index in [-0.39, 0.29) is 39.0 Å². The molecule has 0 spiro atoms. The fourth-order valence-electron chi connectivity index (χ4n) is 11.9. The normalized spacial score (nSPS) is 28.2. The second-order valence-corrected chi connectivity index (χ2v) is 50.9. The molecule has 3 aliphatic heterocycles. The average Bonchev–Trinajstić information content (AvgIpc) is 1.33. The van der Waals surface area contributed by atoms with Crippen molar-refractivity contribution in [3.05, 3.63) is 39.9 Å². The number of nitrogens with zero attached hydrogens (tertiary/aromatic N) is 1. The number of amides is 7. The highest BCUT2D eigenvalue weighted by Gasteiger charge is 2.58. The van der Waals surface area contributed by atoms with E-state index in [9.17, 15) is 74.3 Å². The van der Waals surface area contributed by atoms with Crippen molar-refractivity contribution >= 4 is 88.3 Å². The quantitative estimate of drug-likeness (QED) is 0.00899. The average molecular weight is 1760 g/mol. The number of nitro benzene ring substituents is 1. The molecule has 1 aromatic rings. The molecule has 4 aliphatic rings. The zero-order valence-electron chi connectivity index (χ0n) is 73.7. The van der Waals surface area contributed by atoms with Crippen LogP contribution in [0.15, 0.2) is 24.3 Å². The van der Waals surface area contributed by atoms with Crippen LogP contribution in [0.5, 0.6) is 0 Å². The molecular weight excluding hydrogens is 1620 g/mol. The molecule has 1 saturated carbocycles. The summed E-state index contributed by atoms with van der Waals surface area (Å²) in [7, 11) is -5.23. The Morgan fingerprint density at radius 3 is 1.26 bits per heavy atom. The number of aliphatic hydroxyl groups excluding tert-OH is 6. The molecule has 7 amide bonds. The monoisotopic (exact) mass is 1760 g/mol. The van der Waals surface area contributed by atoms with Gasteiger partial charge in [-0.25, -0.2) is 28.8 Å². The summed E-state index contributed by atoms with van der Waals surface area (Å²) < 4.78 is 87.1. The third kappa shape index (κ3) is 32.5. The molecule has 41 heteroatoms. The third-order valence-corrected chi connectivity index (χ3v) is 30.8. The largest absolute Gasteiger partial charge is 0.444 e. The smallest absolute Gasteiger partial charge is 0.408 e. The number of nitrogens with one attached hydrogen (secondary N) is 7. The molecule has 5 rings (SSSR count). The maximum absolute atomic E-state index is 14.6. The second kappa shape index (κ2) is 41.2. The van der Waals surface area contributed by atoms with Gasteiger partial charge in [0.15, 0.2) is 35.5 Å². The summed E-state index contributed by atoms with van der Waals surface area (Å²) in [5.74, 6) is -0.793. The van der Waals surface area contributed by atoms with Gasteiger partial charge < -0.3 is 134 Å². The van der Waals surface area contributed by atoms with Crippen LogP contribution in [0.2, 0.25) is 36.3 Å². The summed E-state index contributed by atoms with van der Waals surface area (Å²) in [6.07, 6.45) is -35.7. The van der Waals surface area contributed by atoms with Gasteiger partial charge in [0.1, 0.15) is 113 Å². The van der Waals surface area contributed by atoms with Crippen LogP contribution in [-0.4, -0.2) is 287 Å². The lowest BCUT2D eigenvalue weighted by Gasteiger charge is -2.49. The van der Waals surface area contributed by atoms with Gasteiger partial charge in [-0.2, -0.15) is 0 Å². The molecule has 1 aromatic carbocycles. The molecule has 118 heavy (non-hydrogen) atoms. The number of carbonyl (C=O) groups excluding carboxylic acids is 7. The van der Waals surface area contributed by atoms with Gasteiger partial charge in [0, 0.05) is 36.1 Å². The predicted molar refractivity (Wildman–Crippen MR) is 441 cm³/mol. The number of ether oxygens (including phenoxy) is 12. The molecule has 37 nitrogen and oxygen atoms in total. The van der Waals surface area contributed by atoms with Gasteiger partial charge in [-0.1, -0.05) is 41.5 Å². The number of thioether (sulfide) groups is 2. The van der Waals surface area contributed by atoms with E-state index in [1.165, 1.54) is 23.9 Å². The highest BCUT2D eigenvalue weighted by molar-refractivity contribution is 8.16. The van der Waals surface area contributed by atoms with E-state index in [1.54, 1.807) is 137 Å². The third-order valence-electron chi connectivity index (χ3n) is 19.5. The van der Waals surface area contributed by atoms with Crippen LogP contribution >= 0.6 is 23.5 Å². The van der Waals surface area contributed by atoms with Crippen molar-refractivity contribution in [1.82, 2.24) is 37.2 Å². The van der Waals surface area contributed by atoms with Gasteiger partial charge in [-0.3, -0.25) is 14.9 Å². The molecule has 4 fully saturated rings. The Morgan fingerprint density at radius 1 is 0.475 bits per heavy atom. The number of hydrogen-bond acceptors (Lipinski definition) is 31. The molecule has 16 unspecified atom stereocenters. The van der Waals surface area contributed by atoms with E-state index in [4.69, 9.17) is 65.7 Å². The number of nitro groups is 1. The molecule has 0 aromatic heterocycles. The zero-order chi connectivity index (χ0) is 89.9. The van der Waals surface area contributed by atoms with Crippen LogP contribution in [0, 0.1) is 10.1 Å². The van der Waals surface area contributed by atoms with E-state index in [0.717, 1.165) is 11.8 Å². The maximum atomic E-state index is 14.6. The second-order valence-electron chi connectivity index (χ2n) is 39.0. The first-order valence-corrected chi connectivity index (χ1v) is 47.7. The van der Waals surface area contributed by atoms with E-state index < -0.39 is 246 Å². The number of hydrogen-bond donors (Lipinski definition) is 13. The van der Waals surface area contributed by atoms with Crippen molar-refractivity contribution in [2.24, 2.45) is 0 Å². The number of non-ortho nitro benzene ring substituents is 1. The maximum Gasteiger partial charge on any atom is 0.408 e. The van der Waals surface area contributed by atoms with Gasteiger partial charge in [0.2, 0.25) is 5.91 Å². The highest BCUT2D eigenvalue weighted by Crippen LogP contribution is 2.44. The fourth-order valence-corrected chi connectivity index (χ4v) is 16.2. The van der Waals surface area contributed by atoms with Gasteiger partial charge in [-0.05, 0) is 185 Å². The standard InChI is InChI=1S/C77H136N8O29S2Si2/c1-70(2,3)108-64(93)78-34-45-52(88)54(90)49(83-68(97)112-74(13,14)15)61(102-45)105-58-43(82-67(96)111-73(10,11)12)33-42(81-66(95)110-72(7,8)9)51(87)60(58)107-63-56(92)59(106-62-50(84-69(98)113-75(16,17)18)55(91)53(89)46(103-62)35-79-65(94)109-71(4,5)6)47(104-63)37-115-39-116-38-48(86)80-44(36-101-117(25,26)76(19,20)21)57(114-118(27,28)77(22,23)24)40-29-31-41(32-30-40)85(99)100/h29-32,42-47,49-63,87-92H,33-39H2,1-28H3,(H,78,93)(H,79,94)(H,80,86)(H,81,95)(H,82,96)(H,83,97)(H,84,98)/t42?,43?,44-,45?,46?,47-,49?,50?,51?,52?,53?,54?,55?,56+,57-,58?,59?,60?,61?,62?,63+/m1/s1. The lowest BCUT2D eigenvalue weighted by molar-refractivity contribution is -0.384. The minimum Gasteiger partial charge on any atom is -0.444 e. The van der Waals surface area contributed by atoms with Crippen LogP contribution in [0.4, 0.5) is 34.5 Å². The van der Waals surface area contributed by atoms with Crippen molar-refractivity contribution in [2.75, 3.05) is 36.3 Å². The number of aliphatic hydroxyl groups is 6. The first kappa shape index (κ1) is 103. The SMILES string of the molecule is CC(C)(C)OC(=O)NCC1OC(OC2C(NC(=O)OC(C)(C)C)CC(NC(=O)OC(C)(C)C)C(O)C2O[C@@H]2O[C@H](CSCSCC(=O)N[C@H](CO[Si](C)(C)C(C)(C)C)[C@H](O[Si](C)(C)C(C)(C)C)c3ccc([N+](=O)[O-])cc3)C(OC3OC(CNC(=O)OC(C)(C)C)C(O)C(O)C3NC(=O)OC(C)(C)C)[C@@H]2O)C(NC(=O)OC(C)(C)C)C(O)C1O. The molecule has 1 aliphatic carbocycles. The van der Waals surface area contributed by atoms with Crippen LogP contribution in [0.3, 0.4) is 0 Å². The summed E-state index contributed by atoms with van der Waals surface area (Å²) in [6.45, 7) is 48.1. The Kier molecular flexibility index (Phi) is 35.9. The summed E-state index contributed by atoms with van der Waals surface area (Å²) in [5.41, 5.74) is -6.15. The van der Waals surface area contributed by atoms with Crippen molar-refractivity contribution in [3.8, 4) is 0 Å². The minimum absolute atomic E-state index is 0.00925. The first-order chi connectivity index (χ1) is 53.6. The Morgan fingerprint density at radius 2 is 0.856 bits per heavy atom. The molecule has 678 valence electrons. The van der Waals surface area contributed by atoms with Crippen LogP contribution in [0.1, 0.15) is 184 Å². The number of benzene rings is 1. The van der Waals surface area contributed by atoms with Gasteiger partial charge >= 0.3 is 36.6 Å². The van der Waals surface area contributed by atoms with E-state index in [1.807, 2.05) is 0 Å². The first-order valence-electron chi connectivity index (χ1n) is 39.6. The van der Waals surface area contributed by atoms with Gasteiger partial charge in [0.05, 0.1) is 47.6 Å². The lowest BCUT2D eigenvalue weighted by atomic mass is 9.83. The molecule has 0 radical (unpaired) electrons. The summed E-state index contributed by atoms with van der Waals surface area (Å²) in [4.78, 5) is 108. The van der Waals surface area contributed by atoms with Crippen molar-refractivity contribution < 1.29 is 135 Å². The van der Waals surface area contributed by atoms with Gasteiger partial charge in [-0.15, -0.1) is 23.5 Å². The Labute approximate surface area is 704 Å². The molecular formula is C77H136N8O29S2Si2. The summed E-state index contributed by atoms with van der Waals surface area (Å²) in [6, 6.07) is -1.46. The molecule has 21 atom stereocenters. The zero-order valence-corrected chi connectivity index (χ0v) is 77.4. The molecule has 3 heterocycles. The number of rotatable bonds is 29. The van der Waals surface area contributed by atoms with Crippen molar-refractivity contribution in [1.29, 1.82) is 0 Å². The minimum atomic E-state index is -2.70. The number of alkyl carbamates (subject to hydrolysis) is 6. The predicted octanol–water partition coefficient (Wildman–Crippen LogP) is 8.11. The summed E-state index contributed by atoms with van der Waals surface area (Å²) in [5, 5.41) is 104. The Bertz CT molecular complexity index is 3480. The highest BCUT2D eigenvalue weighted by atomic mass is 32.2. The van der Waals surface area contributed by atoms with E-state index in [2.05, 4.69) is 105 Å². The Hall–Kier alpha value is -5.72. The van der Waals surface area contributed by atoms with Crippen LogP contribution in [-0.2, 0) is 70.5 Å². The lowest BCUT2D eigenvalue weighted by Crippen LogP contribution is -2.70. The topological polar surface area (TPSA) is 497 Å². The molecule has 13 N–H and O–H groups in total. The van der Waals surface area contributed by atoms with Crippen molar-refractivity contribution in [3.63, 3.8) is 0 Å². The molecule has 0 bridgehead atoms. The molecule has 3 saturated heterocycles. The fraction of sp³-hybridized carbons (Fsp3) is 0.831. The van der Waals surface area contributed by atoms with Crippen molar-refractivity contribution in [2.45, 2.75) is 371 Å². The number of carbonyl (C=O) groups is 7. The Balaban J connectivity index is 1.68.